The van der Waals surface area contributed by atoms with Crippen LogP contribution in [0, 0.1) is 5.82 Å². The number of pyridine rings is 1. The van der Waals surface area contributed by atoms with Gasteiger partial charge in [-0.05, 0) is 30.4 Å². The second-order valence-electron chi connectivity index (χ2n) is 6.54. The molecule has 0 aliphatic heterocycles. The summed E-state index contributed by atoms with van der Waals surface area (Å²) in [5, 5.41) is 0.487. The highest BCUT2D eigenvalue weighted by Gasteiger charge is 2.28. The number of rotatable bonds is 1. The summed E-state index contributed by atoms with van der Waals surface area (Å²) in [6, 6.07) is 3.24. The molecule has 1 saturated carbocycles. The van der Waals surface area contributed by atoms with Crippen molar-refractivity contribution in [1.29, 1.82) is 0 Å². The molecule has 1 aliphatic carbocycles. The number of hydrogen-bond donors (Lipinski definition) is 0. The number of benzene rings is 1. The number of nitrogens with zero attached hydrogens (tertiary/aromatic N) is 1. The largest absolute Gasteiger partial charge is 0.344 e. The molecular weight excluding hydrogens is 277 g/mol. The van der Waals surface area contributed by atoms with Crippen LogP contribution in [0.25, 0.3) is 10.9 Å². The molecule has 0 amide bonds. The second kappa shape index (κ2) is 4.32. The summed E-state index contributed by atoms with van der Waals surface area (Å²) in [4.78, 5) is 12.6. The van der Waals surface area contributed by atoms with E-state index in [1.165, 1.54) is 6.07 Å². The molecule has 4 heteroatoms. The van der Waals surface area contributed by atoms with Gasteiger partial charge in [-0.2, -0.15) is 0 Å². The third-order valence-corrected chi connectivity index (χ3v) is 4.11. The Hall–Kier alpha value is -1.35. The molecular formula is C16H17ClFNO. The molecule has 0 unspecified atom stereocenters. The first-order valence-corrected chi connectivity index (χ1v) is 7.21. The third kappa shape index (κ3) is 2.14. The van der Waals surface area contributed by atoms with E-state index in [2.05, 4.69) is 4.57 Å². The minimum atomic E-state index is -0.537. The molecule has 3 rings (SSSR count). The molecule has 1 aromatic heterocycles. The van der Waals surface area contributed by atoms with Gasteiger partial charge >= 0.3 is 0 Å². The van der Waals surface area contributed by atoms with E-state index in [0.29, 0.717) is 11.4 Å². The molecule has 0 radical (unpaired) electrons. The van der Waals surface area contributed by atoms with Crippen LogP contribution < -0.4 is 5.43 Å². The maximum absolute atomic E-state index is 13.7. The fourth-order valence-corrected chi connectivity index (χ4v) is 2.69. The van der Waals surface area contributed by atoms with E-state index in [4.69, 9.17) is 11.6 Å². The van der Waals surface area contributed by atoms with Gasteiger partial charge in [0.05, 0.1) is 10.5 Å². The molecule has 0 bridgehead atoms. The van der Waals surface area contributed by atoms with Crippen LogP contribution in [0.2, 0.25) is 5.02 Å². The van der Waals surface area contributed by atoms with Gasteiger partial charge in [0.15, 0.2) is 5.43 Å². The van der Waals surface area contributed by atoms with Crippen LogP contribution in [0.15, 0.2) is 23.1 Å². The Balaban J connectivity index is 2.43. The molecule has 1 aromatic carbocycles. The molecule has 0 atom stereocenters. The van der Waals surface area contributed by atoms with E-state index in [1.807, 2.05) is 27.0 Å². The second-order valence-corrected chi connectivity index (χ2v) is 6.95. The van der Waals surface area contributed by atoms with Gasteiger partial charge in [-0.25, -0.2) is 4.39 Å². The van der Waals surface area contributed by atoms with Crippen LogP contribution in [0.5, 0.6) is 0 Å². The molecule has 0 spiro atoms. The average Bonchev–Trinajstić information content (AvgIpc) is 3.15. The van der Waals surface area contributed by atoms with Crippen LogP contribution in [0.1, 0.15) is 45.2 Å². The normalized spacial score (nSPS) is 15.8. The lowest BCUT2D eigenvalue weighted by molar-refractivity contribution is 0.574. The highest BCUT2D eigenvalue weighted by atomic mass is 35.5. The summed E-state index contributed by atoms with van der Waals surface area (Å²) in [6.07, 6.45) is 4.11. The van der Waals surface area contributed by atoms with Gasteiger partial charge < -0.3 is 4.57 Å². The van der Waals surface area contributed by atoms with Crippen LogP contribution in [0.3, 0.4) is 0 Å². The maximum atomic E-state index is 13.7. The van der Waals surface area contributed by atoms with Gasteiger partial charge in [-0.1, -0.05) is 32.4 Å². The zero-order chi connectivity index (χ0) is 14.7. The van der Waals surface area contributed by atoms with Crippen molar-refractivity contribution in [2.75, 3.05) is 0 Å². The van der Waals surface area contributed by atoms with Gasteiger partial charge in [-0.3, -0.25) is 4.79 Å². The van der Waals surface area contributed by atoms with Crippen LogP contribution in [-0.2, 0) is 5.41 Å². The van der Waals surface area contributed by atoms with Crippen LogP contribution >= 0.6 is 11.6 Å². The van der Waals surface area contributed by atoms with E-state index in [9.17, 15) is 9.18 Å². The fraction of sp³-hybridized carbons (Fsp3) is 0.438. The van der Waals surface area contributed by atoms with Crippen LogP contribution in [-0.4, -0.2) is 4.57 Å². The zero-order valence-electron chi connectivity index (χ0n) is 11.8. The van der Waals surface area contributed by atoms with Crippen molar-refractivity contribution >= 4 is 22.5 Å². The zero-order valence-corrected chi connectivity index (χ0v) is 12.6. The molecule has 2 aromatic rings. The van der Waals surface area contributed by atoms with Crippen molar-refractivity contribution in [3.05, 3.63) is 45.0 Å². The van der Waals surface area contributed by atoms with Gasteiger partial charge in [-0.15, -0.1) is 0 Å². The first kappa shape index (κ1) is 13.6. The predicted octanol–water partition coefficient (Wildman–Crippen LogP) is 4.43. The molecule has 106 valence electrons. The summed E-state index contributed by atoms with van der Waals surface area (Å²) in [5.74, 6) is -0.537. The van der Waals surface area contributed by atoms with E-state index < -0.39 is 5.82 Å². The highest BCUT2D eigenvalue weighted by molar-refractivity contribution is 6.31. The first-order chi connectivity index (χ1) is 9.29. The van der Waals surface area contributed by atoms with Gasteiger partial charge in [0.25, 0.3) is 0 Å². The molecule has 2 nitrogen and oxygen atoms in total. The van der Waals surface area contributed by atoms with Crippen molar-refractivity contribution in [1.82, 2.24) is 4.57 Å². The summed E-state index contributed by atoms with van der Waals surface area (Å²) in [7, 11) is 0. The highest BCUT2D eigenvalue weighted by Crippen LogP contribution is 2.38. The van der Waals surface area contributed by atoms with Crippen molar-refractivity contribution in [2.24, 2.45) is 0 Å². The maximum Gasteiger partial charge on any atom is 0.193 e. The Kier molecular flexibility index (Phi) is 2.94. The van der Waals surface area contributed by atoms with Crippen molar-refractivity contribution in [3.63, 3.8) is 0 Å². The predicted molar refractivity (Wildman–Crippen MR) is 80.1 cm³/mol. The summed E-state index contributed by atoms with van der Waals surface area (Å²) in [5.41, 5.74) is 1.09. The summed E-state index contributed by atoms with van der Waals surface area (Å²) >= 11 is 5.88. The molecule has 0 N–H and O–H groups in total. The SMILES string of the molecule is CC(C)(C)c1cn(C2CC2)c2cc(Cl)c(F)cc2c1=O. The summed E-state index contributed by atoms with van der Waals surface area (Å²) < 4.78 is 15.8. The molecule has 20 heavy (non-hydrogen) atoms. The van der Waals surface area contributed by atoms with E-state index in [-0.39, 0.29) is 15.9 Å². The van der Waals surface area contributed by atoms with E-state index >= 15 is 0 Å². The molecule has 1 heterocycles. The minimum absolute atomic E-state index is 0.0646. The molecule has 1 aliphatic rings. The van der Waals surface area contributed by atoms with Crippen molar-refractivity contribution in [2.45, 2.75) is 45.1 Å². The molecule has 1 fully saturated rings. The number of fused-ring (bicyclic) bond motifs is 1. The average molecular weight is 294 g/mol. The minimum Gasteiger partial charge on any atom is -0.344 e. The fourth-order valence-electron chi connectivity index (χ4n) is 2.53. The molecule has 0 saturated heterocycles. The Labute approximate surface area is 122 Å². The topological polar surface area (TPSA) is 22.0 Å². The lowest BCUT2D eigenvalue weighted by Gasteiger charge is -2.21. The summed E-state index contributed by atoms with van der Waals surface area (Å²) in [6.45, 7) is 6.00. The lowest BCUT2D eigenvalue weighted by Crippen LogP contribution is -2.25. The smallest absolute Gasteiger partial charge is 0.193 e. The third-order valence-electron chi connectivity index (χ3n) is 3.82. The van der Waals surface area contributed by atoms with E-state index in [0.717, 1.165) is 23.9 Å². The van der Waals surface area contributed by atoms with Gasteiger partial charge in [0.2, 0.25) is 0 Å². The standard InChI is InChI=1S/C16H17ClFNO/c1-16(2,3)11-8-19(9-4-5-9)14-7-12(17)13(18)6-10(14)15(11)20/h6-9H,4-5H2,1-3H3. The van der Waals surface area contributed by atoms with Gasteiger partial charge in [0, 0.05) is 23.2 Å². The monoisotopic (exact) mass is 293 g/mol. The first-order valence-electron chi connectivity index (χ1n) is 6.83. The van der Waals surface area contributed by atoms with Crippen molar-refractivity contribution in [3.8, 4) is 0 Å². The quantitative estimate of drug-likeness (QED) is 0.762. The Morgan fingerprint density at radius 2 is 1.95 bits per heavy atom. The number of aromatic nitrogens is 1. The van der Waals surface area contributed by atoms with E-state index in [1.54, 1.807) is 6.07 Å². The van der Waals surface area contributed by atoms with Gasteiger partial charge in [0.1, 0.15) is 5.82 Å². The Bertz CT molecular complexity index is 754. The lowest BCUT2D eigenvalue weighted by atomic mass is 9.87. The number of halogens is 2. The van der Waals surface area contributed by atoms with Crippen LogP contribution in [0.4, 0.5) is 4.39 Å². The Morgan fingerprint density at radius 1 is 1.30 bits per heavy atom. The number of hydrogen-bond acceptors (Lipinski definition) is 1. The Morgan fingerprint density at radius 3 is 2.50 bits per heavy atom. The van der Waals surface area contributed by atoms with Crippen molar-refractivity contribution < 1.29 is 4.39 Å².